The van der Waals surface area contributed by atoms with E-state index in [4.69, 9.17) is 28.4 Å². The van der Waals surface area contributed by atoms with Crippen LogP contribution >= 0.6 is 0 Å². The highest BCUT2D eigenvalue weighted by Gasteiger charge is 2.57. The Hall–Kier alpha value is -2.35. The molecule has 2 saturated heterocycles. The highest BCUT2D eigenvalue weighted by molar-refractivity contribution is 5.70. The molecule has 4 aliphatic rings. The first-order valence-corrected chi connectivity index (χ1v) is 17.1. The average molecular weight is 663 g/mol. The van der Waals surface area contributed by atoms with Crippen LogP contribution in [0.4, 0.5) is 0 Å². The van der Waals surface area contributed by atoms with Gasteiger partial charge in [-0.15, -0.1) is 0 Å². The lowest BCUT2D eigenvalue weighted by molar-refractivity contribution is -0.279. The zero-order valence-corrected chi connectivity index (χ0v) is 28.9. The van der Waals surface area contributed by atoms with E-state index in [2.05, 4.69) is 31.8 Å². The van der Waals surface area contributed by atoms with Crippen LogP contribution < -0.4 is 0 Å². The summed E-state index contributed by atoms with van der Waals surface area (Å²) < 4.78 is 38.7. The Labute approximate surface area is 278 Å². The van der Waals surface area contributed by atoms with Crippen molar-refractivity contribution in [2.45, 2.75) is 122 Å². The van der Waals surface area contributed by atoms with E-state index in [1.165, 1.54) is 6.92 Å². The largest absolute Gasteiger partial charge is 0.459 e. The molecule has 3 aliphatic heterocycles. The van der Waals surface area contributed by atoms with Crippen LogP contribution in [0.2, 0.25) is 0 Å². The van der Waals surface area contributed by atoms with E-state index in [-0.39, 0.29) is 37.4 Å². The molecule has 3 fully saturated rings. The molecule has 264 valence electrons. The van der Waals surface area contributed by atoms with Crippen LogP contribution in [0, 0.1) is 29.6 Å². The normalized spacial score (nSPS) is 40.0. The van der Waals surface area contributed by atoms with Gasteiger partial charge in [0.25, 0.3) is 0 Å². The van der Waals surface area contributed by atoms with Crippen LogP contribution in [0.5, 0.6) is 0 Å². The number of methoxy groups -OCH3 is 1. The van der Waals surface area contributed by atoms with Crippen molar-refractivity contribution in [3.63, 3.8) is 0 Å². The van der Waals surface area contributed by atoms with Crippen molar-refractivity contribution in [2.75, 3.05) is 20.3 Å². The predicted molar refractivity (Wildman–Crippen MR) is 170 cm³/mol. The number of hydrogen-bond donors (Lipinski definition) is 2. The van der Waals surface area contributed by atoms with Crippen LogP contribution in [0.25, 0.3) is 0 Å². The van der Waals surface area contributed by atoms with E-state index >= 15 is 0 Å². The summed E-state index contributed by atoms with van der Waals surface area (Å²) in [7, 11) is 3.52. The molecule has 1 aliphatic carbocycles. The Morgan fingerprint density at radius 3 is 2.62 bits per heavy atom. The molecule has 12 heteroatoms. The van der Waals surface area contributed by atoms with E-state index in [0.717, 1.165) is 24.1 Å². The van der Waals surface area contributed by atoms with Crippen molar-refractivity contribution in [1.29, 1.82) is 0 Å². The van der Waals surface area contributed by atoms with E-state index < -0.39 is 48.1 Å². The molecule has 1 saturated carbocycles. The SMILES string of the molecule is CO[C@]12CC[C@](C)(O1)[C@@H](OC(=O)CCc1cn(C)cn1)C[C@@H]1[C@H](/C=C\2COC2OCC(O)C(O)C2OC(C)=O)[C@@H](C(C)C)CC[C@@H]1C. The number of rotatable bonds is 10. The van der Waals surface area contributed by atoms with Gasteiger partial charge in [0.05, 0.1) is 31.7 Å². The van der Waals surface area contributed by atoms with Crippen molar-refractivity contribution < 1.29 is 48.2 Å². The van der Waals surface area contributed by atoms with Crippen molar-refractivity contribution in [1.82, 2.24) is 9.55 Å². The van der Waals surface area contributed by atoms with E-state index in [0.29, 0.717) is 43.4 Å². The summed E-state index contributed by atoms with van der Waals surface area (Å²) in [6.45, 7) is 9.89. The third kappa shape index (κ3) is 7.78. The predicted octanol–water partition coefficient (Wildman–Crippen LogP) is 3.47. The number of aliphatic hydroxyl groups excluding tert-OH is 2. The zero-order chi connectivity index (χ0) is 34.1. The first-order valence-electron chi connectivity index (χ1n) is 17.1. The number of carbonyl (C=O) groups is 2. The second kappa shape index (κ2) is 14.6. The van der Waals surface area contributed by atoms with Gasteiger partial charge in [0.15, 0.2) is 18.2 Å². The van der Waals surface area contributed by atoms with Crippen LogP contribution in [0.1, 0.15) is 78.8 Å². The highest BCUT2D eigenvalue weighted by Crippen LogP contribution is 2.53. The van der Waals surface area contributed by atoms with Crippen LogP contribution in [0.3, 0.4) is 0 Å². The minimum atomic E-state index is -1.36. The summed E-state index contributed by atoms with van der Waals surface area (Å²) in [5.41, 5.74) is 0.804. The maximum atomic E-state index is 13.4. The number of ether oxygens (including phenoxy) is 6. The highest BCUT2D eigenvalue weighted by atomic mass is 16.7. The number of hydrogen-bond acceptors (Lipinski definition) is 11. The van der Waals surface area contributed by atoms with Crippen molar-refractivity contribution >= 4 is 11.9 Å². The van der Waals surface area contributed by atoms with E-state index in [1.807, 2.05) is 24.7 Å². The first-order chi connectivity index (χ1) is 22.2. The second-order valence-electron chi connectivity index (χ2n) is 14.7. The summed E-state index contributed by atoms with van der Waals surface area (Å²) in [5.74, 6) is -0.538. The molecule has 4 unspecified atom stereocenters. The number of aliphatic hydroxyl groups is 2. The number of aromatic nitrogens is 2. The molecule has 2 N–H and O–H groups in total. The van der Waals surface area contributed by atoms with E-state index in [9.17, 15) is 19.8 Å². The van der Waals surface area contributed by atoms with Gasteiger partial charge in [0, 0.05) is 45.7 Å². The molecule has 0 aromatic carbocycles. The van der Waals surface area contributed by atoms with Crippen LogP contribution in [-0.2, 0) is 51.5 Å². The van der Waals surface area contributed by atoms with Gasteiger partial charge in [-0.1, -0.05) is 33.3 Å². The number of carbonyl (C=O) groups excluding carboxylic acids is 2. The molecule has 0 amide bonds. The molecular weight excluding hydrogens is 608 g/mol. The lowest BCUT2D eigenvalue weighted by Crippen LogP contribution is -2.55. The summed E-state index contributed by atoms with van der Waals surface area (Å²) in [6, 6.07) is 0. The average Bonchev–Trinajstić information content (AvgIpc) is 3.61. The summed E-state index contributed by atoms with van der Waals surface area (Å²) in [5, 5.41) is 20.8. The fraction of sp³-hybridized carbons (Fsp3) is 0.800. The van der Waals surface area contributed by atoms with Gasteiger partial charge < -0.3 is 43.2 Å². The second-order valence-corrected chi connectivity index (χ2v) is 14.7. The molecule has 5 rings (SSSR count). The minimum Gasteiger partial charge on any atom is -0.459 e. The Kier molecular flexibility index (Phi) is 11.2. The van der Waals surface area contributed by atoms with Crippen LogP contribution in [0.15, 0.2) is 24.2 Å². The van der Waals surface area contributed by atoms with Crippen LogP contribution in [-0.4, -0.2) is 94.1 Å². The molecule has 11 atom stereocenters. The lowest BCUT2D eigenvalue weighted by atomic mass is 9.61. The zero-order valence-electron chi connectivity index (χ0n) is 28.9. The Balaban J connectivity index is 1.45. The monoisotopic (exact) mass is 662 g/mol. The molecule has 47 heavy (non-hydrogen) atoms. The van der Waals surface area contributed by atoms with Gasteiger partial charge in [-0.05, 0) is 55.8 Å². The minimum absolute atomic E-state index is 0.0200. The van der Waals surface area contributed by atoms with E-state index in [1.54, 1.807) is 13.4 Å². The van der Waals surface area contributed by atoms with Crippen molar-refractivity contribution in [3.8, 4) is 0 Å². The van der Waals surface area contributed by atoms with Gasteiger partial charge in [-0.25, -0.2) is 4.98 Å². The van der Waals surface area contributed by atoms with Crippen molar-refractivity contribution in [3.05, 3.63) is 29.9 Å². The fourth-order valence-electron chi connectivity index (χ4n) is 8.22. The maximum absolute atomic E-state index is 13.4. The van der Waals surface area contributed by atoms with Gasteiger partial charge in [-0.2, -0.15) is 0 Å². The fourth-order valence-corrected chi connectivity index (χ4v) is 8.22. The first kappa shape index (κ1) is 35.9. The molecule has 1 aromatic rings. The molecule has 0 spiro atoms. The number of nitrogens with zero attached hydrogens (tertiary/aromatic N) is 2. The van der Waals surface area contributed by atoms with Gasteiger partial charge >= 0.3 is 11.9 Å². The van der Waals surface area contributed by atoms with Crippen molar-refractivity contribution in [2.24, 2.45) is 36.6 Å². The molecule has 12 nitrogen and oxygen atoms in total. The summed E-state index contributed by atoms with van der Waals surface area (Å²) >= 11 is 0. The molecule has 2 bridgehead atoms. The Morgan fingerprint density at radius 2 is 1.96 bits per heavy atom. The summed E-state index contributed by atoms with van der Waals surface area (Å²) in [4.78, 5) is 29.6. The van der Waals surface area contributed by atoms with Gasteiger partial charge in [-0.3, -0.25) is 9.59 Å². The quantitative estimate of drug-likeness (QED) is 0.280. The molecule has 0 radical (unpaired) electrons. The molecule has 1 aromatic heterocycles. The number of allylic oxidation sites excluding steroid dienone is 1. The lowest BCUT2D eigenvalue weighted by Gasteiger charge is -2.45. The van der Waals surface area contributed by atoms with Gasteiger partial charge in [0.1, 0.15) is 23.9 Å². The smallest absolute Gasteiger partial charge is 0.306 e. The number of esters is 2. The number of imidazole rings is 1. The summed E-state index contributed by atoms with van der Waals surface area (Å²) in [6.07, 6.45) is 5.15. The Morgan fingerprint density at radius 1 is 1.19 bits per heavy atom. The molecular formula is C35H54N2O10. The number of aryl methyl sites for hydroxylation is 2. The third-order valence-electron chi connectivity index (χ3n) is 11.0. The molecule has 4 heterocycles. The maximum Gasteiger partial charge on any atom is 0.306 e. The number of fused-ring (bicyclic) bond motifs is 3. The standard InChI is InChI=1S/C35H54N2O10/c1-20(2)25-10-8-21(3)26-15-29(46-30(40)11-9-24-16-37(6)19-36-24)34(5)12-13-35(42-7,47-34)23(14-27(25)26)17-43-33-32(45-22(4)38)31(41)28(39)18-44-33/h14,16,19-21,25-29,31-33,39,41H,8-13,15,17-18H2,1-7H3/b23-14-/t21-,25+,26-,27+,28?,29-,31?,32?,33?,34-,35+/m0/s1. The Bertz CT molecular complexity index is 1280. The third-order valence-corrected chi connectivity index (χ3v) is 11.0. The topological polar surface area (TPSA) is 148 Å². The van der Waals surface area contributed by atoms with Gasteiger partial charge in [0.2, 0.25) is 0 Å².